The van der Waals surface area contributed by atoms with Gasteiger partial charge in [0.25, 0.3) is 0 Å². The molecule has 1 heterocycles. The molecule has 0 fully saturated rings. The molecule has 0 aromatic carbocycles. The van der Waals surface area contributed by atoms with Gasteiger partial charge in [0.1, 0.15) is 0 Å². The molecule has 0 aliphatic heterocycles. The molecular weight excluding hydrogens is 204 g/mol. The first-order valence-electron chi connectivity index (χ1n) is 2.90. The van der Waals surface area contributed by atoms with Crippen molar-refractivity contribution in [3.63, 3.8) is 0 Å². The Morgan fingerprint density at radius 1 is 1.42 bits per heavy atom. The second-order valence-electron chi connectivity index (χ2n) is 2.01. The molecule has 1 aromatic heterocycles. The average molecular weight is 210 g/mol. The highest BCUT2D eigenvalue weighted by molar-refractivity contribution is 8.14. The summed E-state index contributed by atoms with van der Waals surface area (Å²) in [5.74, 6) is 0. The second kappa shape index (κ2) is 3.16. The maximum Gasteiger partial charge on any atom is 0.319 e. The van der Waals surface area contributed by atoms with E-state index in [2.05, 4.69) is 0 Å². The molecule has 7 heteroatoms. The van der Waals surface area contributed by atoms with E-state index in [0.717, 1.165) is 4.73 Å². The molecule has 0 atom stereocenters. The van der Waals surface area contributed by atoms with Crippen molar-refractivity contribution < 1.29 is 18.4 Å². The molecule has 0 saturated carbocycles. The van der Waals surface area contributed by atoms with E-state index in [9.17, 15) is 8.42 Å². The fourth-order valence-corrected chi connectivity index (χ4v) is 1.31. The maximum atomic E-state index is 10.5. The Hall–Kier alpha value is -1.01. The third-order valence-electron chi connectivity index (χ3n) is 1.05. The highest BCUT2D eigenvalue weighted by atomic mass is 35.7. The molecule has 66 valence electrons. The number of hydrogen-bond donors (Lipinski definition) is 2. The molecule has 0 aliphatic rings. The second-order valence-corrected chi connectivity index (χ2v) is 4.31. The maximum absolute atomic E-state index is 10.5. The zero-order valence-corrected chi connectivity index (χ0v) is 7.38. The average Bonchev–Trinajstić information content (AvgIpc) is 1.91. The summed E-state index contributed by atoms with van der Waals surface area (Å²) >= 11 is 0. The fourth-order valence-electron chi connectivity index (χ4n) is 0.627. The summed E-state index contributed by atoms with van der Waals surface area (Å²) in [5.41, 5.74) is 0.287. The molecule has 0 amide bonds. The summed E-state index contributed by atoms with van der Waals surface area (Å²) in [7, 11) is 1.14. The number of hydrogen-bond acceptors (Lipinski definition) is 3. The van der Waals surface area contributed by atoms with Gasteiger partial charge in [0.2, 0.25) is 12.4 Å². The van der Waals surface area contributed by atoms with Crippen LogP contribution in [-0.4, -0.2) is 13.6 Å². The SMILES string of the molecule is O=S(=O)(Cl)Nc1cc[n+](O)cc1. The van der Waals surface area contributed by atoms with Gasteiger partial charge in [-0.1, -0.05) is 0 Å². The number of nitrogens with zero attached hydrogens (tertiary/aromatic N) is 1. The summed E-state index contributed by atoms with van der Waals surface area (Å²) in [6, 6.07) is 2.72. The Balaban J connectivity index is 2.85. The van der Waals surface area contributed by atoms with Crippen molar-refractivity contribution in [2.45, 2.75) is 0 Å². The van der Waals surface area contributed by atoms with E-state index in [1.165, 1.54) is 24.5 Å². The standard InChI is InChI=1S/C5H5ClN2O3S/c6-12(10,11)7-5-1-3-8(9)4-2-5/h1-4,9H/p+1. The van der Waals surface area contributed by atoms with Crippen LogP contribution in [0.2, 0.25) is 0 Å². The monoisotopic (exact) mass is 209 g/mol. The van der Waals surface area contributed by atoms with Gasteiger partial charge in [-0.05, 0) is 0 Å². The topological polar surface area (TPSA) is 70.3 Å². The predicted molar refractivity (Wildman–Crippen MR) is 42.2 cm³/mol. The van der Waals surface area contributed by atoms with Crippen LogP contribution in [0.1, 0.15) is 0 Å². The molecule has 0 aliphatic carbocycles. The van der Waals surface area contributed by atoms with E-state index in [0.29, 0.717) is 0 Å². The van der Waals surface area contributed by atoms with E-state index in [1.807, 2.05) is 4.72 Å². The van der Waals surface area contributed by atoms with Crippen LogP contribution in [0.15, 0.2) is 24.5 Å². The van der Waals surface area contributed by atoms with Gasteiger partial charge in [-0.3, -0.25) is 9.93 Å². The summed E-state index contributed by atoms with van der Waals surface area (Å²) in [4.78, 5) is 0. The van der Waals surface area contributed by atoms with E-state index in [-0.39, 0.29) is 5.69 Å². The smallest absolute Gasteiger partial charge is 0.285 e. The first-order chi connectivity index (χ1) is 5.47. The molecule has 0 radical (unpaired) electrons. The Morgan fingerprint density at radius 3 is 2.33 bits per heavy atom. The van der Waals surface area contributed by atoms with Crippen molar-refractivity contribution in [2.24, 2.45) is 0 Å². The van der Waals surface area contributed by atoms with Gasteiger partial charge in [0, 0.05) is 27.5 Å². The van der Waals surface area contributed by atoms with Crippen molar-refractivity contribution in [3.05, 3.63) is 24.5 Å². The zero-order chi connectivity index (χ0) is 9.19. The van der Waals surface area contributed by atoms with Crippen molar-refractivity contribution in [2.75, 3.05) is 4.72 Å². The third kappa shape index (κ3) is 2.93. The Labute approximate surface area is 73.7 Å². The van der Waals surface area contributed by atoms with Gasteiger partial charge < -0.3 is 0 Å². The van der Waals surface area contributed by atoms with Crippen LogP contribution in [0, 0.1) is 0 Å². The lowest BCUT2D eigenvalue weighted by atomic mass is 10.4. The molecular formula is C5H6ClN2O3S+. The van der Waals surface area contributed by atoms with Gasteiger partial charge in [0.05, 0.1) is 5.69 Å². The number of nitrogens with one attached hydrogen (secondary N) is 1. The Kier molecular flexibility index (Phi) is 2.39. The Bertz CT molecular complexity index is 361. The van der Waals surface area contributed by atoms with Gasteiger partial charge in [-0.2, -0.15) is 8.42 Å². The van der Waals surface area contributed by atoms with E-state index < -0.39 is 9.24 Å². The largest absolute Gasteiger partial charge is 0.319 e. The highest BCUT2D eigenvalue weighted by Crippen LogP contribution is 2.07. The molecule has 1 rings (SSSR count). The molecule has 5 nitrogen and oxygen atoms in total. The number of anilines is 1. The van der Waals surface area contributed by atoms with Crippen molar-refractivity contribution in [3.8, 4) is 0 Å². The first-order valence-corrected chi connectivity index (χ1v) is 5.21. The minimum absolute atomic E-state index is 0.287. The van der Waals surface area contributed by atoms with Crippen molar-refractivity contribution in [1.29, 1.82) is 0 Å². The van der Waals surface area contributed by atoms with Crippen LogP contribution in [0.4, 0.5) is 5.69 Å². The summed E-state index contributed by atoms with van der Waals surface area (Å²) in [6.45, 7) is 0. The Morgan fingerprint density at radius 2 is 1.92 bits per heavy atom. The quantitative estimate of drug-likeness (QED) is 0.413. The normalized spacial score (nSPS) is 11.1. The van der Waals surface area contributed by atoms with Crippen LogP contribution in [-0.2, 0) is 9.24 Å². The van der Waals surface area contributed by atoms with Crippen LogP contribution in [0.25, 0.3) is 0 Å². The minimum Gasteiger partial charge on any atom is -0.285 e. The van der Waals surface area contributed by atoms with Gasteiger partial charge in [-0.25, -0.2) is 0 Å². The fraction of sp³-hybridized carbons (Fsp3) is 0. The lowest BCUT2D eigenvalue weighted by Crippen LogP contribution is -2.28. The molecule has 0 saturated heterocycles. The van der Waals surface area contributed by atoms with Gasteiger partial charge in [0.15, 0.2) is 0 Å². The lowest BCUT2D eigenvalue weighted by Gasteiger charge is -1.97. The first kappa shape index (κ1) is 9.08. The van der Waals surface area contributed by atoms with Crippen LogP contribution in [0.5, 0.6) is 0 Å². The van der Waals surface area contributed by atoms with Crippen molar-refractivity contribution >= 4 is 25.6 Å². The van der Waals surface area contributed by atoms with Crippen molar-refractivity contribution in [1.82, 2.24) is 0 Å². The summed E-state index contributed by atoms with van der Waals surface area (Å²) < 4.78 is 23.7. The number of rotatable bonds is 2. The zero-order valence-electron chi connectivity index (χ0n) is 5.81. The number of pyridine rings is 1. The predicted octanol–water partition coefficient (Wildman–Crippen LogP) is 0.107. The van der Waals surface area contributed by atoms with Gasteiger partial charge >= 0.3 is 9.24 Å². The third-order valence-corrected chi connectivity index (χ3v) is 1.76. The van der Waals surface area contributed by atoms with Crippen LogP contribution >= 0.6 is 10.7 Å². The molecule has 0 spiro atoms. The molecule has 2 N–H and O–H groups in total. The molecule has 12 heavy (non-hydrogen) atoms. The number of halogens is 1. The molecule has 0 unspecified atom stereocenters. The summed E-state index contributed by atoms with van der Waals surface area (Å²) in [6.07, 6.45) is 2.54. The van der Waals surface area contributed by atoms with E-state index in [1.54, 1.807) is 0 Å². The van der Waals surface area contributed by atoms with E-state index >= 15 is 0 Å². The van der Waals surface area contributed by atoms with E-state index in [4.69, 9.17) is 15.9 Å². The van der Waals surface area contributed by atoms with Crippen LogP contribution < -0.4 is 9.45 Å². The summed E-state index contributed by atoms with van der Waals surface area (Å²) in [5, 5.41) is 8.76. The highest BCUT2D eigenvalue weighted by Gasteiger charge is 2.05. The number of aromatic nitrogens is 1. The molecule has 1 aromatic rings. The van der Waals surface area contributed by atoms with Gasteiger partial charge in [-0.15, -0.1) is 0 Å². The van der Waals surface area contributed by atoms with Crippen LogP contribution in [0.3, 0.4) is 0 Å². The molecule has 0 bridgehead atoms. The minimum atomic E-state index is -3.76. The lowest BCUT2D eigenvalue weighted by molar-refractivity contribution is -0.904.